The van der Waals surface area contributed by atoms with Crippen LogP contribution in [0.25, 0.3) is 0 Å². The number of aliphatic hydroxyl groups excluding tert-OH is 1. The molecule has 1 N–H and O–H groups in total. The quantitative estimate of drug-likeness (QED) is 0.818. The summed E-state index contributed by atoms with van der Waals surface area (Å²) < 4.78 is 5.33. The first-order valence-electron chi connectivity index (χ1n) is 7.58. The lowest BCUT2D eigenvalue weighted by molar-refractivity contribution is -0.152. The van der Waals surface area contributed by atoms with E-state index in [9.17, 15) is 5.11 Å². The van der Waals surface area contributed by atoms with Gasteiger partial charge in [0.2, 0.25) is 0 Å². The Morgan fingerprint density at radius 2 is 2.06 bits per heavy atom. The zero-order valence-corrected chi connectivity index (χ0v) is 12.0. The first-order valence-corrected chi connectivity index (χ1v) is 7.58. The topological polar surface area (TPSA) is 32.7 Å². The van der Waals surface area contributed by atoms with E-state index in [1.54, 1.807) is 0 Å². The minimum atomic E-state index is 0.0412. The predicted molar refractivity (Wildman–Crippen MR) is 73.6 cm³/mol. The summed E-state index contributed by atoms with van der Waals surface area (Å²) in [6, 6.07) is 0.719. The molecule has 2 aliphatic heterocycles. The van der Waals surface area contributed by atoms with Gasteiger partial charge >= 0.3 is 0 Å². The van der Waals surface area contributed by atoms with E-state index < -0.39 is 0 Å². The largest absolute Gasteiger partial charge is 0.396 e. The maximum atomic E-state index is 9.60. The Bertz CT molecular complexity index is 245. The van der Waals surface area contributed by atoms with E-state index in [0.29, 0.717) is 0 Å². The molecule has 2 saturated heterocycles. The second kappa shape index (κ2) is 6.36. The van der Waals surface area contributed by atoms with Crippen LogP contribution in [0.1, 0.15) is 46.0 Å². The fourth-order valence-electron chi connectivity index (χ4n) is 3.31. The second-order valence-electron chi connectivity index (χ2n) is 6.75. The molecule has 1 atom stereocenters. The highest BCUT2D eigenvalue weighted by Gasteiger charge is 2.41. The molecule has 2 aliphatic rings. The summed E-state index contributed by atoms with van der Waals surface area (Å²) >= 11 is 0. The van der Waals surface area contributed by atoms with Gasteiger partial charge in [-0.15, -0.1) is 0 Å². The molecule has 3 nitrogen and oxygen atoms in total. The van der Waals surface area contributed by atoms with Gasteiger partial charge in [0, 0.05) is 12.6 Å². The normalized spacial score (nSPS) is 29.0. The fraction of sp³-hybridized carbons (Fsp3) is 1.00. The van der Waals surface area contributed by atoms with Gasteiger partial charge in [0.1, 0.15) is 0 Å². The van der Waals surface area contributed by atoms with E-state index in [0.717, 1.165) is 31.7 Å². The molecule has 0 saturated carbocycles. The molecule has 106 valence electrons. The molecule has 0 bridgehead atoms. The second-order valence-corrected chi connectivity index (χ2v) is 6.75. The van der Waals surface area contributed by atoms with Crippen LogP contribution in [-0.2, 0) is 4.74 Å². The third-order valence-electron chi connectivity index (χ3n) is 4.43. The summed E-state index contributed by atoms with van der Waals surface area (Å²) in [6.07, 6.45) is 6.68. The Balaban J connectivity index is 1.96. The summed E-state index contributed by atoms with van der Waals surface area (Å²) in [6.45, 7) is 8.63. The lowest BCUT2D eigenvalue weighted by Gasteiger charge is -2.45. The van der Waals surface area contributed by atoms with Crippen LogP contribution in [0, 0.1) is 11.3 Å². The van der Waals surface area contributed by atoms with Crippen LogP contribution in [0.5, 0.6) is 0 Å². The number of nitrogens with zero attached hydrogens (tertiary/aromatic N) is 1. The van der Waals surface area contributed by atoms with Gasteiger partial charge in [-0.05, 0) is 31.7 Å². The molecule has 2 rings (SSSR count). The maximum absolute atomic E-state index is 9.60. The van der Waals surface area contributed by atoms with Crippen LogP contribution < -0.4 is 0 Å². The van der Waals surface area contributed by atoms with Gasteiger partial charge in [0.05, 0.1) is 25.2 Å². The van der Waals surface area contributed by atoms with E-state index in [1.807, 2.05) is 0 Å². The van der Waals surface area contributed by atoms with Crippen LogP contribution in [0.3, 0.4) is 0 Å². The van der Waals surface area contributed by atoms with Gasteiger partial charge in [-0.2, -0.15) is 0 Å². The molecule has 0 aromatic heterocycles. The zero-order valence-electron chi connectivity index (χ0n) is 12.0. The standard InChI is InChI=1S/C15H29NO2/c1-13(2)8-14-6-4-3-5-7-16(14)9-15(10-17)11-18-12-15/h13-14,17H,3-12H2,1-2H3. The smallest absolute Gasteiger partial charge is 0.0579 e. The van der Waals surface area contributed by atoms with Crippen LogP contribution in [0.2, 0.25) is 0 Å². The average Bonchev–Trinajstić information content (AvgIpc) is 2.49. The Morgan fingerprint density at radius 3 is 2.61 bits per heavy atom. The molecule has 0 aromatic rings. The summed E-state index contributed by atoms with van der Waals surface area (Å²) in [5, 5.41) is 9.60. The number of rotatable bonds is 5. The van der Waals surface area contributed by atoms with Crippen molar-refractivity contribution in [3.8, 4) is 0 Å². The number of ether oxygens (including phenoxy) is 1. The Hall–Kier alpha value is -0.120. The Morgan fingerprint density at radius 1 is 1.28 bits per heavy atom. The zero-order chi connectivity index (χ0) is 13.0. The van der Waals surface area contributed by atoms with Crippen molar-refractivity contribution in [3.63, 3.8) is 0 Å². The van der Waals surface area contributed by atoms with E-state index in [4.69, 9.17) is 4.74 Å². The van der Waals surface area contributed by atoms with Crippen molar-refractivity contribution in [1.29, 1.82) is 0 Å². The van der Waals surface area contributed by atoms with E-state index >= 15 is 0 Å². The summed E-state index contributed by atoms with van der Waals surface area (Å²) in [7, 11) is 0. The van der Waals surface area contributed by atoms with Gasteiger partial charge in [0.25, 0.3) is 0 Å². The predicted octanol–water partition coefficient (Wildman–Crippen LogP) is 2.29. The molecule has 0 aliphatic carbocycles. The van der Waals surface area contributed by atoms with Crippen LogP contribution in [0.4, 0.5) is 0 Å². The van der Waals surface area contributed by atoms with E-state index in [-0.39, 0.29) is 12.0 Å². The van der Waals surface area contributed by atoms with Crippen molar-refractivity contribution >= 4 is 0 Å². The molecule has 0 aromatic carbocycles. The molecule has 18 heavy (non-hydrogen) atoms. The van der Waals surface area contributed by atoms with Crippen molar-refractivity contribution in [2.75, 3.05) is 32.9 Å². The Kier molecular flexibility index (Phi) is 5.05. The monoisotopic (exact) mass is 255 g/mol. The highest BCUT2D eigenvalue weighted by atomic mass is 16.5. The minimum absolute atomic E-state index is 0.0412. The minimum Gasteiger partial charge on any atom is -0.396 e. The van der Waals surface area contributed by atoms with Crippen molar-refractivity contribution in [1.82, 2.24) is 4.90 Å². The SMILES string of the molecule is CC(C)CC1CCCCCN1CC1(CO)COC1. The van der Waals surface area contributed by atoms with Crippen LogP contribution in [0.15, 0.2) is 0 Å². The number of aliphatic hydroxyl groups is 1. The van der Waals surface area contributed by atoms with Crippen molar-refractivity contribution in [2.24, 2.45) is 11.3 Å². The first-order chi connectivity index (χ1) is 8.65. The van der Waals surface area contributed by atoms with Crippen LogP contribution in [-0.4, -0.2) is 49.0 Å². The van der Waals surface area contributed by atoms with Crippen LogP contribution >= 0.6 is 0 Å². The molecular formula is C15H29NO2. The Labute approximate surface area is 112 Å². The molecule has 3 heteroatoms. The fourth-order valence-corrected chi connectivity index (χ4v) is 3.31. The molecule has 2 heterocycles. The molecule has 0 amide bonds. The lowest BCUT2D eigenvalue weighted by Crippen LogP contribution is -2.55. The van der Waals surface area contributed by atoms with Crippen molar-refractivity contribution < 1.29 is 9.84 Å². The lowest BCUT2D eigenvalue weighted by atomic mass is 9.85. The number of hydrogen-bond acceptors (Lipinski definition) is 3. The molecule has 2 fully saturated rings. The number of likely N-dealkylation sites (tertiary alicyclic amines) is 1. The molecule has 1 unspecified atom stereocenters. The summed E-state index contributed by atoms with van der Waals surface area (Å²) in [4.78, 5) is 2.64. The van der Waals surface area contributed by atoms with Crippen molar-refractivity contribution in [3.05, 3.63) is 0 Å². The van der Waals surface area contributed by atoms with E-state index in [2.05, 4.69) is 18.7 Å². The summed E-state index contributed by atoms with van der Waals surface area (Å²) in [5.41, 5.74) is 0.0412. The first kappa shape index (κ1) is 14.3. The van der Waals surface area contributed by atoms with Crippen molar-refractivity contribution in [2.45, 2.75) is 52.0 Å². The van der Waals surface area contributed by atoms with Gasteiger partial charge in [-0.3, -0.25) is 4.90 Å². The van der Waals surface area contributed by atoms with E-state index in [1.165, 1.54) is 38.6 Å². The molecular weight excluding hydrogens is 226 g/mol. The highest BCUT2D eigenvalue weighted by Crippen LogP contribution is 2.31. The highest BCUT2D eigenvalue weighted by molar-refractivity contribution is 4.90. The number of hydrogen-bond donors (Lipinski definition) is 1. The third-order valence-corrected chi connectivity index (χ3v) is 4.43. The third kappa shape index (κ3) is 3.46. The van der Waals surface area contributed by atoms with Gasteiger partial charge in [0.15, 0.2) is 0 Å². The molecule has 0 radical (unpaired) electrons. The van der Waals surface area contributed by atoms with Gasteiger partial charge in [-0.1, -0.05) is 26.7 Å². The average molecular weight is 255 g/mol. The maximum Gasteiger partial charge on any atom is 0.0579 e. The van der Waals surface area contributed by atoms with Gasteiger partial charge in [-0.25, -0.2) is 0 Å². The van der Waals surface area contributed by atoms with Gasteiger partial charge < -0.3 is 9.84 Å². The summed E-state index contributed by atoms with van der Waals surface area (Å²) in [5.74, 6) is 0.762. The molecule has 0 spiro atoms.